The van der Waals surface area contributed by atoms with E-state index in [9.17, 15) is 27.6 Å². The summed E-state index contributed by atoms with van der Waals surface area (Å²) in [7, 11) is 0. The van der Waals surface area contributed by atoms with E-state index in [1.165, 1.54) is 24.3 Å². The zero-order chi connectivity index (χ0) is 24.5. The summed E-state index contributed by atoms with van der Waals surface area (Å²) in [6.07, 6.45) is -5.17. The van der Waals surface area contributed by atoms with Crippen LogP contribution in [-0.2, 0) is 14.4 Å². The highest BCUT2D eigenvalue weighted by atomic mass is 19.4. The predicted molar refractivity (Wildman–Crippen MR) is 120 cm³/mol. The van der Waals surface area contributed by atoms with E-state index in [1.54, 1.807) is 6.07 Å². The van der Waals surface area contributed by atoms with Crippen LogP contribution in [0.3, 0.4) is 0 Å². The van der Waals surface area contributed by atoms with Crippen molar-refractivity contribution in [3.05, 3.63) is 101 Å². The second kappa shape index (κ2) is 7.53. The molecule has 3 aromatic rings. The van der Waals surface area contributed by atoms with Gasteiger partial charge >= 0.3 is 12.1 Å². The molecule has 0 saturated carbocycles. The topological polar surface area (TPSA) is 57.7 Å². The third-order valence-electron chi connectivity index (χ3n) is 7.38. The van der Waals surface area contributed by atoms with Crippen molar-refractivity contribution in [3.8, 4) is 0 Å². The summed E-state index contributed by atoms with van der Waals surface area (Å²) in [5.74, 6) is -5.42. The number of nitrogens with zero attached hydrogens (tertiary/aromatic N) is 2. The Kier molecular flexibility index (Phi) is 4.64. The lowest BCUT2D eigenvalue weighted by molar-refractivity contribution is -0.171. The van der Waals surface area contributed by atoms with Gasteiger partial charge in [-0.3, -0.25) is 24.2 Å². The van der Waals surface area contributed by atoms with Crippen molar-refractivity contribution in [2.45, 2.75) is 18.0 Å². The minimum atomic E-state index is -5.17. The molecule has 2 atom stereocenters. The molecule has 7 rings (SSSR count). The van der Waals surface area contributed by atoms with E-state index in [2.05, 4.69) is 0 Å². The third kappa shape index (κ3) is 3.05. The molecule has 8 heteroatoms. The second-order valence-electron chi connectivity index (χ2n) is 9.08. The number of hydrogen-bond acceptors (Lipinski definition) is 3. The number of carbonyl (C=O) groups excluding carboxylic acids is 3. The normalized spacial score (nSPS) is 24.1. The van der Waals surface area contributed by atoms with Gasteiger partial charge in [-0.25, -0.2) is 0 Å². The van der Waals surface area contributed by atoms with Crippen LogP contribution >= 0.6 is 0 Å². The average molecular weight is 476 g/mol. The molecule has 1 heterocycles. The zero-order valence-electron chi connectivity index (χ0n) is 18.3. The van der Waals surface area contributed by atoms with E-state index in [0.29, 0.717) is 4.90 Å². The van der Waals surface area contributed by atoms with Gasteiger partial charge in [0.2, 0.25) is 11.8 Å². The van der Waals surface area contributed by atoms with Gasteiger partial charge in [0.1, 0.15) is 6.67 Å². The Bertz CT molecular complexity index is 1260. The van der Waals surface area contributed by atoms with Crippen molar-refractivity contribution < 1.29 is 27.6 Å². The molecule has 1 aliphatic heterocycles. The summed E-state index contributed by atoms with van der Waals surface area (Å²) >= 11 is 0. The van der Waals surface area contributed by atoms with Crippen molar-refractivity contribution in [1.82, 2.24) is 4.90 Å². The van der Waals surface area contributed by atoms with Crippen LogP contribution in [0.1, 0.15) is 34.1 Å². The molecule has 1 saturated heterocycles. The first-order valence-corrected chi connectivity index (χ1v) is 11.3. The Labute approximate surface area is 198 Å². The van der Waals surface area contributed by atoms with E-state index in [4.69, 9.17) is 0 Å². The molecule has 3 amide bonds. The lowest BCUT2D eigenvalue weighted by atomic mass is 9.55. The number of hydrogen-bond donors (Lipinski definition) is 0. The number of likely N-dealkylation sites (tertiary alicyclic amines) is 1. The number of amides is 3. The van der Waals surface area contributed by atoms with Gasteiger partial charge in [-0.15, -0.1) is 0 Å². The van der Waals surface area contributed by atoms with Crippen LogP contribution in [0, 0.1) is 11.8 Å². The molecule has 35 heavy (non-hydrogen) atoms. The summed E-state index contributed by atoms with van der Waals surface area (Å²) in [6.45, 7) is -0.793. The monoisotopic (exact) mass is 476 g/mol. The fraction of sp³-hybridized carbons (Fsp3) is 0.222. The Morgan fingerprint density at radius 3 is 1.51 bits per heavy atom. The van der Waals surface area contributed by atoms with Crippen LogP contribution in [0.5, 0.6) is 0 Å². The highest BCUT2D eigenvalue weighted by Crippen LogP contribution is 2.60. The van der Waals surface area contributed by atoms with Crippen LogP contribution in [0.25, 0.3) is 0 Å². The maximum absolute atomic E-state index is 13.7. The summed E-state index contributed by atoms with van der Waals surface area (Å²) in [5, 5.41) is 0. The number of carbonyl (C=O) groups is 3. The number of rotatable bonds is 3. The quantitative estimate of drug-likeness (QED) is 0.526. The molecule has 0 radical (unpaired) electrons. The summed E-state index contributed by atoms with van der Waals surface area (Å²) < 4.78 is 40.4. The number of halogens is 3. The van der Waals surface area contributed by atoms with Crippen LogP contribution in [0.4, 0.5) is 18.9 Å². The first-order chi connectivity index (χ1) is 16.8. The Balaban J connectivity index is 1.43. The van der Waals surface area contributed by atoms with Crippen molar-refractivity contribution in [3.63, 3.8) is 0 Å². The maximum atomic E-state index is 13.7. The van der Waals surface area contributed by atoms with Gasteiger partial charge in [-0.05, 0) is 34.4 Å². The minimum absolute atomic E-state index is 0.0418. The van der Waals surface area contributed by atoms with E-state index >= 15 is 0 Å². The summed E-state index contributed by atoms with van der Waals surface area (Å²) in [5.41, 5.74) is 3.82. The lowest BCUT2D eigenvalue weighted by Gasteiger charge is -2.45. The summed E-state index contributed by atoms with van der Waals surface area (Å²) in [6, 6.07) is 22.6. The smallest absolute Gasteiger partial charge is 0.286 e. The fourth-order valence-electron chi connectivity index (χ4n) is 6.04. The average Bonchev–Trinajstić information content (AvgIpc) is 3.12. The molecule has 0 N–H and O–H groups in total. The van der Waals surface area contributed by atoms with Gasteiger partial charge in [0, 0.05) is 17.5 Å². The largest absolute Gasteiger partial charge is 0.471 e. The minimum Gasteiger partial charge on any atom is -0.286 e. The van der Waals surface area contributed by atoms with Gasteiger partial charge < -0.3 is 0 Å². The molecule has 4 aliphatic rings. The predicted octanol–water partition coefficient (Wildman–Crippen LogP) is 4.43. The van der Waals surface area contributed by atoms with Crippen LogP contribution in [-0.4, -0.2) is 35.5 Å². The Morgan fingerprint density at radius 2 is 1.11 bits per heavy atom. The highest BCUT2D eigenvalue weighted by molar-refractivity contribution is 6.09. The molecule has 1 fully saturated rings. The van der Waals surface area contributed by atoms with Gasteiger partial charge in [0.25, 0.3) is 0 Å². The van der Waals surface area contributed by atoms with Gasteiger partial charge in [-0.1, -0.05) is 66.7 Å². The van der Waals surface area contributed by atoms with Gasteiger partial charge in [-0.2, -0.15) is 13.2 Å². The standard InChI is InChI=1S/C27H19F3N2O3/c28-27(29,30)26(35)31(15-8-2-1-3-9-15)14-32-24(33)22-20-16-10-4-5-11-17(16)21(23(22)25(32)34)19-13-7-6-12-18(19)20/h1-13,20-23H,14H2. The Hall–Kier alpha value is -3.94. The van der Waals surface area contributed by atoms with E-state index < -0.39 is 42.4 Å². The number of benzene rings is 3. The number of para-hydroxylation sites is 1. The fourth-order valence-corrected chi connectivity index (χ4v) is 6.04. The van der Waals surface area contributed by atoms with Crippen LogP contribution in [0.15, 0.2) is 78.9 Å². The molecule has 0 aromatic heterocycles. The molecule has 5 nitrogen and oxygen atoms in total. The van der Waals surface area contributed by atoms with Crippen LogP contribution < -0.4 is 4.90 Å². The van der Waals surface area contributed by atoms with Crippen molar-refractivity contribution in [2.24, 2.45) is 11.8 Å². The molecule has 0 spiro atoms. The second-order valence-corrected chi connectivity index (χ2v) is 9.08. The van der Waals surface area contributed by atoms with Crippen molar-refractivity contribution in [1.29, 1.82) is 0 Å². The SMILES string of the molecule is O=C1C2C3c4ccccc4C(c4ccccc43)C2C(=O)N1CN(C(=O)C(F)(F)F)c1ccccc1. The Morgan fingerprint density at radius 1 is 0.714 bits per heavy atom. The van der Waals surface area contributed by atoms with Crippen molar-refractivity contribution in [2.75, 3.05) is 11.6 Å². The maximum Gasteiger partial charge on any atom is 0.471 e. The third-order valence-corrected chi connectivity index (χ3v) is 7.38. The highest BCUT2D eigenvalue weighted by Gasteiger charge is 2.62. The van der Waals surface area contributed by atoms with E-state index in [1.807, 2.05) is 48.5 Å². The molecule has 2 unspecified atom stereocenters. The number of alkyl halides is 3. The molecular formula is C27H19F3N2O3. The first kappa shape index (κ1) is 21.6. The number of anilines is 1. The number of imide groups is 1. The zero-order valence-corrected chi connectivity index (χ0v) is 18.3. The van der Waals surface area contributed by atoms with E-state index in [0.717, 1.165) is 27.2 Å². The first-order valence-electron chi connectivity index (χ1n) is 11.3. The van der Waals surface area contributed by atoms with Gasteiger partial charge in [0.05, 0.1) is 11.8 Å². The summed E-state index contributed by atoms with van der Waals surface area (Å²) in [4.78, 5) is 41.0. The lowest BCUT2D eigenvalue weighted by Crippen LogP contribution is -2.49. The molecule has 3 aliphatic carbocycles. The van der Waals surface area contributed by atoms with Crippen LogP contribution in [0.2, 0.25) is 0 Å². The molecule has 3 aromatic carbocycles. The van der Waals surface area contributed by atoms with E-state index in [-0.39, 0.29) is 17.5 Å². The molecular weight excluding hydrogens is 457 g/mol. The van der Waals surface area contributed by atoms with Gasteiger partial charge in [0.15, 0.2) is 0 Å². The molecule has 2 bridgehead atoms. The van der Waals surface area contributed by atoms with Crippen molar-refractivity contribution >= 4 is 23.4 Å². The molecule has 176 valence electrons.